The van der Waals surface area contributed by atoms with Crippen LogP contribution < -0.4 is 10.6 Å². The van der Waals surface area contributed by atoms with E-state index in [1.54, 1.807) is 12.2 Å². The minimum Gasteiger partial charge on any atom is -0.481 e. The van der Waals surface area contributed by atoms with Crippen LogP contribution in [-0.2, 0) is 4.79 Å². The fourth-order valence-electron chi connectivity index (χ4n) is 3.13. The van der Waals surface area contributed by atoms with Crippen molar-refractivity contribution in [2.45, 2.75) is 45.1 Å². The number of urea groups is 1. The van der Waals surface area contributed by atoms with Crippen LogP contribution in [0.2, 0.25) is 0 Å². The second-order valence-electron chi connectivity index (χ2n) is 6.05. The Hall–Kier alpha value is -1.52. The second-order valence-corrected chi connectivity index (χ2v) is 6.05. The summed E-state index contributed by atoms with van der Waals surface area (Å²) in [6.07, 6.45) is 8.85. The van der Waals surface area contributed by atoms with Gasteiger partial charge >= 0.3 is 12.0 Å². The first-order chi connectivity index (χ1) is 9.56. The van der Waals surface area contributed by atoms with E-state index in [0.717, 1.165) is 0 Å². The van der Waals surface area contributed by atoms with Crippen LogP contribution >= 0.6 is 0 Å². The molecule has 4 unspecified atom stereocenters. The molecule has 1 fully saturated rings. The van der Waals surface area contributed by atoms with Gasteiger partial charge in [-0.15, -0.1) is 0 Å². The molecule has 0 aromatic carbocycles. The molecule has 0 spiro atoms. The number of aliphatic carboxylic acids is 1. The number of amides is 2. The molecule has 0 saturated heterocycles. The monoisotopic (exact) mass is 280 g/mol. The molecule has 0 aromatic heterocycles. The van der Waals surface area contributed by atoms with Crippen LogP contribution in [0.4, 0.5) is 4.79 Å². The van der Waals surface area contributed by atoms with E-state index in [2.05, 4.69) is 17.6 Å². The third kappa shape index (κ3) is 3.99. The quantitative estimate of drug-likeness (QED) is 0.690. The zero-order chi connectivity index (χ0) is 14.5. The first-order valence-electron chi connectivity index (χ1n) is 7.51. The Morgan fingerprint density at radius 3 is 2.65 bits per heavy atom. The van der Waals surface area contributed by atoms with E-state index in [0.29, 0.717) is 24.8 Å². The third-order valence-corrected chi connectivity index (χ3v) is 4.53. The van der Waals surface area contributed by atoms with Crippen molar-refractivity contribution in [2.75, 3.05) is 6.54 Å². The van der Waals surface area contributed by atoms with Gasteiger partial charge in [0.05, 0.1) is 12.0 Å². The summed E-state index contributed by atoms with van der Waals surface area (Å²) in [7, 11) is 0. The maximum absolute atomic E-state index is 11.8. The predicted octanol–water partition coefficient (Wildman–Crippen LogP) is 2.14. The summed E-state index contributed by atoms with van der Waals surface area (Å²) in [4.78, 5) is 22.6. The molecule has 2 aliphatic carbocycles. The van der Waals surface area contributed by atoms with Gasteiger partial charge in [0.2, 0.25) is 0 Å². The Balaban J connectivity index is 1.68. The summed E-state index contributed by atoms with van der Waals surface area (Å²) >= 11 is 0. The van der Waals surface area contributed by atoms with Crippen molar-refractivity contribution in [1.29, 1.82) is 0 Å². The largest absolute Gasteiger partial charge is 0.481 e. The van der Waals surface area contributed by atoms with E-state index in [9.17, 15) is 9.59 Å². The zero-order valence-electron chi connectivity index (χ0n) is 12.0. The molecule has 2 amide bonds. The number of nitrogens with one attached hydrogen (secondary N) is 2. The van der Waals surface area contributed by atoms with Crippen LogP contribution in [0.25, 0.3) is 0 Å². The smallest absolute Gasteiger partial charge is 0.315 e. The molecule has 5 heteroatoms. The highest BCUT2D eigenvalue weighted by atomic mass is 16.4. The highest BCUT2D eigenvalue weighted by Gasteiger charge is 2.26. The van der Waals surface area contributed by atoms with Gasteiger partial charge in [0.1, 0.15) is 0 Å². The normalized spacial score (nSPS) is 32.9. The van der Waals surface area contributed by atoms with Crippen molar-refractivity contribution in [3.05, 3.63) is 12.2 Å². The van der Waals surface area contributed by atoms with Gasteiger partial charge in [0.15, 0.2) is 0 Å². The Morgan fingerprint density at radius 1 is 1.25 bits per heavy atom. The highest BCUT2D eigenvalue weighted by molar-refractivity contribution is 5.76. The summed E-state index contributed by atoms with van der Waals surface area (Å²) in [6, 6.07) is -0.358. The van der Waals surface area contributed by atoms with Crippen molar-refractivity contribution in [1.82, 2.24) is 10.6 Å². The van der Waals surface area contributed by atoms with Crippen molar-refractivity contribution in [2.24, 2.45) is 17.8 Å². The number of carboxylic acid groups (broad SMARTS) is 1. The van der Waals surface area contributed by atoms with Crippen LogP contribution in [-0.4, -0.2) is 29.7 Å². The lowest BCUT2D eigenvalue weighted by Crippen LogP contribution is -2.43. The van der Waals surface area contributed by atoms with E-state index in [1.807, 2.05) is 0 Å². The molecule has 2 rings (SSSR count). The Bertz CT molecular complexity index is 395. The fourth-order valence-corrected chi connectivity index (χ4v) is 3.13. The van der Waals surface area contributed by atoms with E-state index in [-0.39, 0.29) is 12.1 Å². The molecule has 5 nitrogen and oxygen atoms in total. The third-order valence-electron chi connectivity index (χ3n) is 4.53. The molecule has 3 N–H and O–H groups in total. The molecule has 4 atom stereocenters. The molecule has 0 bridgehead atoms. The molecule has 2 aliphatic rings. The Morgan fingerprint density at radius 2 is 2.00 bits per heavy atom. The van der Waals surface area contributed by atoms with E-state index >= 15 is 0 Å². The van der Waals surface area contributed by atoms with Crippen molar-refractivity contribution < 1.29 is 14.7 Å². The number of hydrogen-bond donors (Lipinski definition) is 3. The van der Waals surface area contributed by atoms with Crippen LogP contribution in [0.1, 0.15) is 39.0 Å². The van der Waals surface area contributed by atoms with Crippen LogP contribution in [0.3, 0.4) is 0 Å². The summed E-state index contributed by atoms with van der Waals surface area (Å²) in [5.74, 6) is -0.0622. The number of rotatable bonds is 4. The van der Waals surface area contributed by atoms with Crippen molar-refractivity contribution in [3.8, 4) is 0 Å². The van der Waals surface area contributed by atoms with Gasteiger partial charge in [0.25, 0.3) is 0 Å². The number of carbonyl (C=O) groups excluding carboxylic acids is 1. The molecule has 20 heavy (non-hydrogen) atoms. The first-order valence-corrected chi connectivity index (χ1v) is 7.51. The molecule has 0 aliphatic heterocycles. The lowest BCUT2D eigenvalue weighted by Gasteiger charge is -2.29. The molecule has 112 valence electrons. The topological polar surface area (TPSA) is 78.4 Å². The highest BCUT2D eigenvalue weighted by Crippen LogP contribution is 2.28. The summed E-state index contributed by atoms with van der Waals surface area (Å²) in [5.41, 5.74) is 0. The first kappa shape index (κ1) is 14.9. The maximum atomic E-state index is 11.8. The van der Waals surface area contributed by atoms with Gasteiger partial charge in [-0.3, -0.25) is 4.79 Å². The fraction of sp³-hybridized carbons (Fsp3) is 0.733. The molecular formula is C15H24N2O3. The lowest BCUT2D eigenvalue weighted by atomic mass is 9.80. The Kier molecular flexibility index (Phi) is 5.04. The molecule has 1 saturated carbocycles. The average Bonchev–Trinajstić information content (AvgIpc) is 2.86. The van der Waals surface area contributed by atoms with Crippen LogP contribution in [0.5, 0.6) is 0 Å². The molecular weight excluding hydrogens is 256 g/mol. The SMILES string of the molecule is CC1CCCCC1CNC(=O)NC1C=CC(C(=O)O)C1. The Labute approximate surface area is 119 Å². The number of carboxylic acids is 1. The lowest BCUT2D eigenvalue weighted by molar-refractivity contribution is -0.140. The van der Waals surface area contributed by atoms with Gasteiger partial charge in [-0.2, -0.15) is 0 Å². The van der Waals surface area contributed by atoms with Gasteiger partial charge in [-0.1, -0.05) is 38.3 Å². The molecule has 0 heterocycles. The summed E-state index contributed by atoms with van der Waals surface area (Å²) < 4.78 is 0. The van der Waals surface area contributed by atoms with Crippen LogP contribution in [0.15, 0.2) is 12.2 Å². The van der Waals surface area contributed by atoms with Crippen LogP contribution in [0, 0.1) is 17.8 Å². The molecule has 0 aromatic rings. The maximum Gasteiger partial charge on any atom is 0.315 e. The zero-order valence-corrected chi connectivity index (χ0v) is 12.0. The van der Waals surface area contributed by atoms with Gasteiger partial charge in [-0.05, 0) is 24.7 Å². The second kappa shape index (κ2) is 6.77. The van der Waals surface area contributed by atoms with Gasteiger partial charge in [0, 0.05) is 6.54 Å². The van der Waals surface area contributed by atoms with E-state index in [1.165, 1.54) is 25.7 Å². The minimum atomic E-state index is -0.831. The molecule has 0 radical (unpaired) electrons. The van der Waals surface area contributed by atoms with Gasteiger partial charge < -0.3 is 15.7 Å². The standard InChI is InChI=1S/C15H24N2O3/c1-10-4-2-3-5-12(10)9-16-15(20)17-13-7-6-11(8-13)14(18)19/h6-7,10-13H,2-5,8-9H2,1H3,(H,18,19)(H2,16,17,20). The number of hydrogen-bond acceptors (Lipinski definition) is 2. The summed E-state index contributed by atoms with van der Waals surface area (Å²) in [5, 5.41) is 14.6. The van der Waals surface area contributed by atoms with E-state index in [4.69, 9.17) is 5.11 Å². The average molecular weight is 280 g/mol. The van der Waals surface area contributed by atoms with Crippen molar-refractivity contribution >= 4 is 12.0 Å². The van der Waals surface area contributed by atoms with E-state index < -0.39 is 11.9 Å². The predicted molar refractivity (Wildman–Crippen MR) is 76.3 cm³/mol. The van der Waals surface area contributed by atoms with Gasteiger partial charge in [-0.25, -0.2) is 4.79 Å². The minimum absolute atomic E-state index is 0.167. The van der Waals surface area contributed by atoms with Crippen molar-refractivity contribution in [3.63, 3.8) is 0 Å². The number of carbonyl (C=O) groups is 2. The summed E-state index contributed by atoms with van der Waals surface area (Å²) in [6.45, 7) is 2.96.